The highest BCUT2D eigenvalue weighted by atomic mass is 32.1. The smallest absolute Gasteiger partial charge is 0.269 e. The third-order valence-corrected chi connectivity index (χ3v) is 4.86. The molecule has 0 bridgehead atoms. The second kappa shape index (κ2) is 9.47. The van der Waals surface area contributed by atoms with Crippen molar-refractivity contribution in [1.82, 2.24) is 16.2 Å². The molecule has 0 aromatic heterocycles. The van der Waals surface area contributed by atoms with Crippen molar-refractivity contribution < 1.29 is 19.0 Å². The number of nitrogens with one attached hydrogen (secondary N) is 3. The van der Waals surface area contributed by atoms with Gasteiger partial charge in [0.1, 0.15) is 0 Å². The van der Waals surface area contributed by atoms with Crippen molar-refractivity contribution >= 4 is 23.2 Å². The van der Waals surface area contributed by atoms with Gasteiger partial charge in [-0.15, -0.1) is 0 Å². The number of benzene rings is 1. The van der Waals surface area contributed by atoms with Crippen LogP contribution in [0.1, 0.15) is 43.0 Å². The van der Waals surface area contributed by atoms with Gasteiger partial charge in [-0.05, 0) is 43.1 Å². The zero-order valence-corrected chi connectivity index (χ0v) is 16.5. The summed E-state index contributed by atoms with van der Waals surface area (Å²) in [5.74, 6) is 1.46. The van der Waals surface area contributed by atoms with Crippen LogP contribution < -0.4 is 30.4 Å². The van der Waals surface area contributed by atoms with E-state index >= 15 is 0 Å². The minimum absolute atomic E-state index is 0.335. The molecular formula is C18H27N3O4S. The molecule has 0 aliphatic heterocycles. The lowest BCUT2D eigenvalue weighted by molar-refractivity contribution is 0.0942. The lowest BCUT2D eigenvalue weighted by atomic mass is 9.86. The van der Waals surface area contributed by atoms with Crippen LogP contribution in [0.2, 0.25) is 0 Å². The van der Waals surface area contributed by atoms with Crippen molar-refractivity contribution in [2.75, 3.05) is 21.3 Å². The van der Waals surface area contributed by atoms with Gasteiger partial charge in [0, 0.05) is 11.6 Å². The minimum atomic E-state index is -0.356. The predicted octanol–water partition coefficient (Wildman–Crippen LogP) is 2.40. The fraction of sp³-hybridized carbons (Fsp3) is 0.556. The van der Waals surface area contributed by atoms with Crippen molar-refractivity contribution in [2.45, 2.75) is 38.6 Å². The van der Waals surface area contributed by atoms with Crippen molar-refractivity contribution in [2.24, 2.45) is 5.92 Å². The van der Waals surface area contributed by atoms with E-state index in [-0.39, 0.29) is 5.91 Å². The van der Waals surface area contributed by atoms with Gasteiger partial charge in [0.05, 0.1) is 21.3 Å². The highest BCUT2D eigenvalue weighted by Crippen LogP contribution is 2.38. The maximum atomic E-state index is 12.4. The first-order valence-corrected chi connectivity index (χ1v) is 9.07. The number of hydrogen-bond acceptors (Lipinski definition) is 5. The van der Waals surface area contributed by atoms with E-state index < -0.39 is 0 Å². The molecule has 26 heavy (non-hydrogen) atoms. The molecule has 0 radical (unpaired) electrons. The highest BCUT2D eigenvalue weighted by Gasteiger charge is 2.22. The molecule has 1 aliphatic rings. The maximum absolute atomic E-state index is 12.4. The summed E-state index contributed by atoms with van der Waals surface area (Å²) in [7, 11) is 4.52. The lowest BCUT2D eigenvalue weighted by Crippen LogP contribution is -2.51. The second-order valence-corrected chi connectivity index (χ2v) is 6.74. The number of hydrazine groups is 1. The lowest BCUT2D eigenvalue weighted by Gasteiger charge is -2.30. The maximum Gasteiger partial charge on any atom is 0.269 e. The number of carbonyl (C=O) groups is 1. The molecule has 0 spiro atoms. The van der Waals surface area contributed by atoms with Crippen LogP contribution in [0.15, 0.2) is 12.1 Å². The molecule has 8 heteroatoms. The molecule has 1 aromatic carbocycles. The summed E-state index contributed by atoms with van der Waals surface area (Å²) in [5, 5.41) is 3.68. The van der Waals surface area contributed by atoms with E-state index in [1.165, 1.54) is 40.6 Å². The Balaban J connectivity index is 1.97. The van der Waals surface area contributed by atoms with Crippen LogP contribution in [-0.2, 0) is 0 Å². The van der Waals surface area contributed by atoms with Crippen molar-refractivity contribution in [3.63, 3.8) is 0 Å². The minimum Gasteiger partial charge on any atom is -0.493 e. The van der Waals surface area contributed by atoms with Crippen molar-refractivity contribution in [3.8, 4) is 17.2 Å². The average molecular weight is 381 g/mol. The first-order valence-electron chi connectivity index (χ1n) is 8.67. The predicted molar refractivity (Wildman–Crippen MR) is 104 cm³/mol. The molecule has 0 saturated heterocycles. The monoisotopic (exact) mass is 381 g/mol. The molecule has 1 aliphatic carbocycles. The van der Waals surface area contributed by atoms with Crippen LogP contribution in [0.5, 0.6) is 17.2 Å². The standard InChI is InChI=1S/C18H27N3O4S/c1-11-7-5-6-8-13(11)19-18(26)21-20-17(22)12-9-14(23-2)16(25-4)15(10-12)24-3/h9-11,13H,5-8H2,1-4H3,(H,20,22)(H2,19,21,26)/t11-,13-/m1/s1. The molecule has 1 aromatic rings. The third kappa shape index (κ3) is 4.91. The molecule has 1 saturated carbocycles. The van der Waals surface area contributed by atoms with Gasteiger partial charge in [-0.25, -0.2) is 0 Å². The number of rotatable bonds is 5. The highest BCUT2D eigenvalue weighted by molar-refractivity contribution is 7.80. The molecule has 0 unspecified atom stereocenters. The molecule has 144 valence electrons. The summed E-state index contributed by atoms with van der Waals surface area (Å²) >= 11 is 5.29. The van der Waals surface area contributed by atoms with E-state index in [1.54, 1.807) is 12.1 Å². The van der Waals surface area contributed by atoms with Crippen molar-refractivity contribution in [1.29, 1.82) is 0 Å². The number of amides is 1. The number of methoxy groups -OCH3 is 3. The SMILES string of the molecule is COc1cc(C(=O)NNC(=S)N[C@@H]2CCCC[C@H]2C)cc(OC)c1OC. The van der Waals surface area contributed by atoms with Crippen LogP contribution in [0.3, 0.4) is 0 Å². The van der Waals surface area contributed by atoms with E-state index in [0.717, 1.165) is 6.42 Å². The summed E-state index contributed by atoms with van der Waals surface area (Å²) in [5.41, 5.74) is 5.72. The zero-order chi connectivity index (χ0) is 19.1. The largest absolute Gasteiger partial charge is 0.493 e. The number of hydrogen-bond donors (Lipinski definition) is 3. The van der Waals surface area contributed by atoms with Crippen LogP contribution in [-0.4, -0.2) is 38.4 Å². The van der Waals surface area contributed by atoms with Crippen LogP contribution >= 0.6 is 12.2 Å². The Kier molecular flexibility index (Phi) is 7.32. The van der Waals surface area contributed by atoms with Gasteiger partial charge < -0.3 is 19.5 Å². The molecule has 1 amide bonds. The molecule has 0 heterocycles. The van der Waals surface area contributed by atoms with Gasteiger partial charge in [-0.1, -0.05) is 19.8 Å². The zero-order valence-electron chi connectivity index (χ0n) is 15.7. The van der Waals surface area contributed by atoms with E-state index in [2.05, 4.69) is 23.1 Å². The number of carbonyl (C=O) groups excluding carboxylic acids is 1. The Morgan fingerprint density at radius 1 is 1.04 bits per heavy atom. The molecule has 2 rings (SSSR count). The fourth-order valence-corrected chi connectivity index (χ4v) is 3.34. The Morgan fingerprint density at radius 3 is 2.19 bits per heavy atom. The first kappa shape index (κ1) is 20.1. The van der Waals surface area contributed by atoms with Gasteiger partial charge in [0.15, 0.2) is 16.6 Å². The fourth-order valence-electron chi connectivity index (χ4n) is 3.13. The van der Waals surface area contributed by atoms with Gasteiger partial charge in [-0.2, -0.15) is 0 Å². The van der Waals surface area contributed by atoms with E-state index in [4.69, 9.17) is 26.4 Å². The Labute approximate surface area is 159 Å². The van der Waals surface area contributed by atoms with E-state index in [0.29, 0.717) is 39.9 Å². The van der Waals surface area contributed by atoms with Crippen LogP contribution in [0, 0.1) is 5.92 Å². The summed E-state index contributed by atoms with van der Waals surface area (Å²) in [6.45, 7) is 2.22. The molecule has 2 atom stereocenters. The normalized spacial score (nSPS) is 19.2. The van der Waals surface area contributed by atoms with Crippen molar-refractivity contribution in [3.05, 3.63) is 17.7 Å². The molecule has 1 fully saturated rings. The van der Waals surface area contributed by atoms with Gasteiger partial charge in [0.2, 0.25) is 5.75 Å². The number of ether oxygens (including phenoxy) is 3. The summed E-state index contributed by atoms with van der Waals surface area (Å²) in [6, 6.07) is 3.50. The summed E-state index contributed by atoms with van der Waals surface area (Å²) < 4.78 is 15.8. The molecule has 3 N–H and O–H groups in total. The third-order valence-electron chi connectivity index (χ3n) is 4.64. The second-order valence-electron chi connectivity index (χ2n) is 6.33. The van der Waals surface area contributed by atoms with Gasteiger partial charge in [0.25, 0.3) is 5.91 Å². The number of thiocarbonyl (C=S) groups is 1. The summed E-state index contributed by atoms with van der Waals surface area (Å²) in [4.78, 5) is 12.4. The van der Waals surface area contributed by atoms with Gasteiger partial charge >= 0.3 is 0 Å². The Bertz CT molecular complexity index is 628. The molecular weight excluding hydrogens is 354 g/mol. The Hall–Kier alpha value is -2.22. The topological polar surface area (TPSA) is 80.9 Å². The van der Waals surface area contributed by atoms with E-state index in [9.17, 15) is 4.79 Å². The summed E-state index contributed by atoms with van der Waals surface area (Å²) in [6.07, 6.45) is 4.74. The molecule has 7 nitrogen and oxygen atoms in total. The Morgan fingerprint density at radius 2 is 1.65 bits per heavy atom. The van der Waals surface area contributed by atoms with Gasteiger partial charge in [-0.3, -0.25) is 15.6 Å². The first-order chi connectivity index (χ1) is 12.5. The quantitative estimate of drug-likeness (QED) is 0.534. The average Bonchev–Trinajstić information content (AvgIpc) is 2.66. The van der Waals surface area contributed by atoms with E-state index in [1.807, 2.05) is 0 Å². The van der Waals surface area contributed by atoms with Crippen LogP contribution in [0.4, 0.5) is 0 Å². The van der Waals surface area contributed by atoms with Crippen LogP contribution in [0.25, 0.3) is 0 Å².